The van der Waals surface area contributed by atoms with Crippen LogP contribution in [0.3, 0.4) is 0 Å². The lowest BCUT2D eigenvalue weighted by Gasteiger charge is -2.17. The molecule has 0 bridgehead atoms. The van der Waals surface area contributed by atoms with Crippen LogP contribution in [0.1, 0.15) is 23.1 Å². The van der Waals surface area contributed by atoms with E-state index in [9.17, 15) is 19.5 Å². The van der Waals surface area contributed by atoms with Gasteiger partial charge in [-0.25, -0.2) is 4.79 Å². The van der Waals surface area contributed by atoms with Crippen molar-refractivity contribution >= 4 is 17.9 Å². The molecule has 0 radical (unpaired) electrons. The number of nitrogens with one attached hydrogen (secondary N) is 2. The molecule has 8 heteroatoms. The molecule has 160 valence electrons. The number of carbonyl (C=O) groups is 3. The van der Waals surface area contributed by atoms with Crippen LogP contribution in [0.25, 0.3) is 0 Å². The van der Waals surface area contributed by atoms with Gasteiger partial charge in [-0.1, -0.05) is 60.2 Å². The Morgan fingerprint density at radius 3 is 2.33 bits per heavy atom. The molecule has 8 nitrogen and oxygen atoms in total. The maximum atomic E-state index is 12.1. The van der Waals surface area contributed by atoms with E-state index in [1.807, 2.05) is 61.5 Å². The molecule has 2 aromatic rings. The number of hydrogen-bond donors (Lipinski definition) is 4. The number of benzene rings is 2. The van der Waals surface area contributed by atoms with Crippen LogP contribution in [0, 0.1) is 6.92 Å². The molecule has 0 spiro atoms. The van der Waals surface area contributed by atoms with Crippen molar-refractivity contribution in [2.45, 2.75) is 38.5 Å². The molecule has 5 N–H and O–H groups in total. The molecule has 0 aliphatic heterocycles. The van der Waals surface area contributed by atoms with Crippen molar-refractivity contribution in [2.75, 3.05) is 6.54 Å². The highest BCUT2D eigenvalue weighted by Gasteiger charge is 2.20. The lowest BCUT2D eigenvalue weighted by atomic mass is 10.0. The van der Waals surface area contributed by atoms with Crippen molar-refractivity contribution in [2.24, 2.45) is 5.73 Å². The molecule has 0 aliphatic carbocycles. The van der Waals surface area contributed by atoms with Gasteiger partial charge in [0.1, 0.15) is 12.6 Å². The van der Waals surface area contributed by atoms with Crippen LogP contribution in [0.5, 0.6) is 0 Å². The SMILES string of the molecule is Cc1ccc(C[C@H](NC(=O)C[C@@H](O)CNC(=O)OCc2ccccc2)C(N)=O)cc1. The molecule has 0 heterocycles. The largest absolute Gasteiger partial charge is 0.445 e. The van der Waals surface area contributed by atoms with Crippen molar-refractivity contribution in [3.05, 3.63) is 71.3 Å². The van der Waals surface area contributed by atoms with Gasteiger partial charge in [-0.15, -0.1) is 0 Å². The summed E-state index contributed by atoms with van der Waals surface area (Å²) in [6.07, 6.45) is -1.88. The monoisotopic (exact) mass is 413 g/mol. The first-order chi connectivity index (χ1) is 14.3. The van der Waals surface area contributed by atoms with E-state index in [1.54, 1.807) is 0 Å². The summed E-state index contributed by atoms with van der Waals surface area (Å²) in [5, 5.41) is 14.9. The van der Waals surface area contributed by atoms with Gasteiger partial charge in [0, 0.05) is 13.0 Å². The zero-order valence-corrected chi connectivity index (χ0v) is 16.8. The summed E-state index contributed by atoms with van der Waals surface area (Å²) >= 11 is 0. The van der Waals surface area contributed by atoms with Gasteiger partial charge in [-0.3, -0.25) is 9.59 Å². The zero-order chi connectivity index (χ0) is 21.9. The number of alkyl carbamates (subject to hydrolysis) is 1. The highest BCUT2D eigenvalue weighted by atomic mass is 16.5. The first kappa shape index (κ1) is 22.9. The standard InChI is InChI=1S/C22H27N3O5/c1-15-7-9-16(10-8-15)11-19(21(23)28)25-20(27)12-18(26)13-24-22(29)30-14-17-5-3-2-4-6-17/h2-10,18-19,26H,11-14H2,1H3,(H2,23,28)(H,24,29)(H,25,27)/t18-,19+/m1/s1. The Bertz CT molecular complexity index is 840. The Balaban J connectivity index is 1.73. The molecule has 2 aromatic carbocycles. The Morgan fingerprint density at radius 2 is 1.70 bits per heavy atom. The van der Waals surface area contributed by atoms with E-state index in [-0.39, 0.29) is 26.0 Å². The number of amides is 3. The normalized spacial score (nSPS) is 12.5. The molecule has 30 heavy (non-hydrogen) atoms. The van der Waals surface area contributed by atoms with Gasteiger partial charge in [0.25, 0.3) is 0 Å². The molecule has 0 aromatic heterocycles. The topological polar surface area (TPSA) is 131 Å². The van der Waals surface area contributed by atoms with Crippen LogP contribution in [-0.2, 0) is 27.4 Å². The van der Waals surface area contributed by atoms with Gasteiger partial charge in [-0.05, 0) is 18.1 Å². The van der Waals surface area contributed by atoms with Gasteiger partial charge in [-0.2, -0.15) is 0 Å². The first-order valence-electron chi connectivity index (χ1n) is 9.60. The van der Waals surface area contributed by atoms with E-state index >= 15 is 0 Å². The van der Waals surface area contributed by atoms with Gasteiger partial charge in [0.05, 0.1) is 12.5 Å². The van der Waals surface area contributed by atoms with Gasteiger partial charge >= 0.3 is 6.09 Å². The molecule has 0 saturated carbocycles. The van der Waals surface area contributed by atoms with E-state index < -0.39 is 30.1 Å². The average Bonchev–Trinajstić information content (AvgIpc) is 2.72. The number of primary amides is 1. The fraction of sp³-hybridized carbons (Fsp3) is 0.318. The summed E-state index contributed by atoms with van der Waals surface area (Å²) in [5.41, 5.74) is 8.15. The van der Waals surface area contributed by atoms with Crippen molar-refractivity contribution in [3.8, 4) is 0 Å². The first-order valence-corrected chi connectivity index (χ1v) is 9.60. The second-order valence-corrected chi connectivity index (χ2v) is 7.01. The number of hydrogen-bond acceptors (Lipinski definition) is 5. The van der Waals surface area contributed by atoms with Crippen molar-refractivity contribution in [3.63, 3.8) is 0 Å². The highest BCUT2D eigenvalue weighted by Crippen LogP contribution is 2.07. The molecular weight excluding hydrogens is 386 g/mol. The summed E-state index contributed by atoms with van der Waals surface area (Å²) in [6.45, 7) is 1.88. The van der Waals surface area contributed by atoms with Crippen LogP contribution in [0.4, 0.5) is 4.79 Å². The zero-order valence-electron chi connectivity index (χ0n) is 16.8. The summed E-state index contributed by atoms with van der Waals surface area (Å²) in [7, 11) is 0. The van der Waals surface area contributed by atoms with Crippen LogP contribution in [-0.4, -0.2) is 41.7 Å². The van der Waals surface area contributed by atoms with E-state index in [4.69, 9.17) is 10.5 Å². The summed E-state index contributed by atoms with van der Waals surface area (Å²) < 4.78 is 5.03. The molecule has 0 saturated heterocycles. The average molecular weight is 413 g/mol. The number of ether oxygens (including phenoxy) is 1. The van der Waals surface area contributed by atoms with Crippen LogP contribution in [0.15, 0.2) is 54.6 Å². The van der Waals surface area contributed by atoms with Gasteiger partial charge < -0.3 is 26.2 Å². The van der Waals surface area contributed by atoms with Crippen molar-refractivity contribution < 1.29 is 24.2 Å². The molecule has 0 unspecified atom stereocenters. The van der Waals surface area contributed by atoms with E-state index in [0.717, 1.165) is 16.7 Å². The molecule has 3 amide bonds. The number of aryl methyl sites for hydroxylation is 1. The van der Waals surface area contributed by atoms with Crippen LogP contribution in [0.2, 0.25) is 0 Å². The van der Waals surface area contributed by atoms with E-state index in [2.05, 4.69) is 10.6 Å². The lowest BCUT2D eigenvalue weighted by Crippen LogP contribution is -2.47. The maximum Gasteiger partial charge on any atom is 0.407 e. The number of carbonyl (C=O) groups excluding carboxylic acids is 3. The Labute approximate surface area is 175 Å². The van der Waals surface area contributed by atoms with Crippen molar-refractivity contribution in [1.29, 1.82) is 0 Å². The number of nitrogens with two attached hydrogens (primary N) is 1. The Hall–Kier alpha value is -3.39. The predicted molar refractivity (Wildman–Crippen MR) is 111 cm³/mol. The quantitative estimate of drug-likeness (QED) is 0.465. The molecular formula is C22H27N3O5. The van der Waals surface area contributed by atoms with E-state index in [0.29, 0.717) is 0 Å². The van der Waals surface area contributed by atoms with Gasteiger partial charge in [0.15, 0.2) is 0 Å². The molecule has 2 atom stereocenters. The second-order valence-electron chi connectivity index (χ2n) is 7.01. The smallest absolute Gasteiger partial charge is 0.407 e. The maximum absolute atomic E-state index is 12.1. The Morgan fingerprint density at radius 1 is 1.03 bits per heavy atom. The number of rotatable bonds is 10. The fourth-order valence-electron chi connectivity index (χ4n) is 2.70. The fourth-order valence-corrected chi connectivity index (χ4v) is 2.70. The summed E-state index contributed by atoms with van der Waals surface area (Å²) in [4.78, 5) is 35.5. The summed E-state index contributed by atoms with van der Waals surface area (Å²) in [5.74, 6) is -1.21. The van der Waals surface area contributed by atoms with Crippen LogP contribution < -0.4 is 16.4 Å². The highest BCUT2D eigenvalue weighted by molar-refractivity contribution is 5.87. The molecule has 2 rings (SSSR count). The van der Waals surface area contributed by atoms with Crippen molar-refractivity contribution in [1.82, 2.24) is 10.6 Å². The third-order valence-corrected chi connectivity index (χ3v) is 4.35. The van der Waals surface area contributed by atoms with E-state index in [1.165, 1.54) is 0 Å². The molecule has 0 aliphatic rings. The minimum absolute atomic E-state index is 0.0998. The lowest BCUT2D eigenvalue weighted by molar-refractivity contribution is -0.128. The third kappa shape index (κ3) is 8.32. The number of aliphatic hydroxyl groups is 1. The van der Waals surface area contributed by atoms with Gasteiger partial charge in [0.2, 0.25) is 11.8 Å². The van der Waals surface area contributed by atoms with Crippen LogP contribution >= 0.6 is 0 Å². The minimum Gasteiger partial charge on any atom is -0.445 e. The molecule has 0 fully saturated rings. The second kappa shape index (κ2) is 11.6. The Kier molecular flexibility index (Phi) is 8.83. The summed E-state index contributed by atoms with van der Waals surface area (Å²) in [6, 6.07) is 15.8. The minimum atomic E-state index is -1.14. The predicted octanol–water partition coefficient (Wildman–Crippen LogP) is 1.19. The third-order valence-electron chi connectivity index (χ3n) is 4.35. The number of aliphatic hydroxyl groups excluding tert-OH is 1.